The minimum atomic E-state index is 0.152. The van der Waals surface area contributed by atoms with Crippen LogP contribution in [0.25, 0.3) is 22.2 Å². The molecule has 0 bridgehead atoms. The number of hydrogen-bond acceptors (Lipinski definition) is 4. The first-order chi connectivity index (χ1) is 10.6. The Labute approximate surface area is 129 Å². The number of aliphatic hydroxyl groups is 1. The minimum Gasteiger partial charge on any atom is -0.396 e. The van der Waals surface area contributed by atoms with Gasteiger partial charge < -0.3 is 15.4 Å². The number of anilines is 1. The summed E-state index contributed by atoms with van der Waals surface area (Å²) in [4.78, 5) is 8.56. The number of benzene rings is 1. The Bertz CT molecular complexity index is 806. The number of nitrogens with two attached hydrogens (primary N) is 1. The third kappa shape index (κ3) is 2.33. The molecule has 0 fully saturated rings. The highest BCUT2D eigenvalue weighted by molar-refractivity contribution is 6.02. The second-order valence-corrected chi connectivity index (χ2v) is 5.51. The van der Waals surface area contributed by atoms with Gasteiger partial charge in [-0.3, -0.25) is 0 Å². The standard InChI is InChI=1S/C17H20N4O/c1-11-4-6-13(7-5-11)14-12(2)21(8-3-9-22)17-15(14)16(18)19-10-20-17/h4-7,10,22H,3,8-9H2,1-2H3,(H2,18,19,20). The molecule has 0 aliphatic carbocycles. The molecule has 0 aliphatic rings. The summed E-state index contributed by atoms with van der Waals surface area (Å²) in [6, 6.07) is 8.37. The molecule has 5 heteroatoms. The highest BCUT2D eigenvalue weighted by Gasteiger charge is 2.19. The van der Waals surface area contributed by atoms with Crippen molar-refractivity contribution in [2.45, 2.75) is 26.8 Å². The normalized spacial score (nSPS) is 11.2. The van der Waals surface area contributed by atoms with Crippen molar-refractivity contribution < 1.29 is 5.11 Å². The van der Waals surface area contributed by atoms with Gasteiger partial charge in [-0.05, 0) is 25.8 Å². The number of fused-ring (bicyclic) bond motifs is 1. The SMILES string of the molecule is Cc1ccc(-c2c(C)n(CCCO)c3ncnc(N)c23)cc1. The number of aromatic nitrogens is 3. The summed E-state index contributed by atoms with van der Waals surface area (Å²) in [5.41, 5.74) is 11.4. The lowest BCUT2D eigenvalue weighted by Gasteiger charge is -2.07. The van der Waals surface area contributed by atoms with Crippen molar-refractivity contribution in [3.63, 3.8) is 0 Å². The second-order valence-electron chi connectivity index (χ2n) is 5.51. The predicted molar refractivity (Wildman–Crippen MR) is 88.6 cm³/mol. The monoisotopic (exact) mass is 296 g/mol. The molecule has 0 amide bonds. The summed E-state index contributed by atoms with van der Waals surface area (Å²) in [5.74, 6) is 0.492. The number of hydrogen-bond donors (Lipinski definition) is 2. The zero-order valence-electron chi connectivity index (χ0n) is 12.9. The van der Waals surface area contributed by atoms with E-state index in [0.717, 1.165) is 27.9 Å². The maximum absolute atomic E-state index is 9.13. The summed E-state index contributed by atoms with van der Waals surface area (Å²) >= 11 is 0. The molecule has 22 heavy (non-hydrogen) atoms. The molecule has 0 aliphatic heterocycles. The van der Waals surface area contributed by atoms with Crippen LogP contribution in [-0.4, -0.2) is 26.2 Å². The van der Waals surface area contributed by atoms with E-state index < -0.39 is 0 Å². The molecule has 5 nitrogen and oxygen atoms in total. The predicted octanol–water partition coefficient (Wildman–Crippen LogP) is 2.68. The van der Waals surface area contributed by atoms with Crippen LogP contribution in [0.4, 0.5) is 5.82 Å². The van der Waals surface area contributed by atoms with Gasteiger partial charge in [0.25, 0.3) is 0 Å². The molecule has 0 unspecified atom stereocenters. The Balaban J connectivity index is 2.28. The van der Waals surface area contributed by atoms with Gasteiger partial charge in [0.2, 0.25) is 0 Å². The maximum Gasteiger partial charge on any atom is 0.146 e. The van der Waals surface area contributed by atoms with Crippen molar-refractivity contribution in [1.82, 2.24) is 14.5 Å². The van der Waals surface area contributed by atoms with E-state index in [1.165, 1.54) is 11.9 Å². The van der Waals surface area contributed by atoms with Crippen LogP contribution in [0.5, 0.6) is 0 Å². The topological polar surface area (TPSA) is 77.0 Å². The number of rotatable bonds is 4. The Morgan fingerprint density at radius 2 is 1.86 bits per heavy atom. The summed E-state index contributed by atoms with van der Waals surface area (Å²) < 4.78 is 2.11. The van der Waals surface area contributed by atoms with Gasteiger partial charge in [0.05, 0.1) is 5.39 Å². The molecular formula is C17H20N4O. The average Bonchev–Trinajstić information content (AvgIpc) is 2.80. The summed E-state index contributed by atoms with van der Waals surface area (Å²) in [6.45, 7) is 4.99. The largest absolute Gasteiger partial charge is 0.396 e. The van der Waals surface area contributed by atoms with Gasteiger partial charge in [-0.25, -0.2) is 9.97 Å². The van der Waals surface area contributed by atoms with Crippen LogP contribution in [-0.2, 0) is 6.54 Å². The first-order valence-corrected chi connectivity index (χ1v) is 7.40. The molecule has 2 heterocycles. The molecule has 0 saturated heterocycles. The zero-order valence-corrected chi connectivity index (χ0v) is 12.9. The molecule has 0 saturated carbocycles. The molecule has 0 atom stereocenters. The number of aryl methyl sites for hydroxylation is 2. The Kier molecular flexibility index (Phi) is 3.81. The number of nitrogens with zero attached hydrogens (tertiary/aromatic N) is 3. The van der Waals surface area contributed by atoms with Crippen molar-refractivity contribution in [2.75, 3.05) is 12.3 Å². The highest BCUT2D eigenvalue weighted by Crippen LogP contribution is 2.36. The molecule has 1 aromatic carbocycles. The van der Waals surface area contributed by atoms with Crippen molar-refractivity contribution >= 4 is 16.9 Å². The lowest BCUT2D eigenvalue weighted by atomic mass is 10.0. The fourth-order valence-corrected chi connectivity index (χ4v) is 2.88. The van der Waals surface area contributed by atoms with Crippen molar-refractivity contribution in [1.29, 1.82) is 0 Å². The van der Waals surface area contributed by atoms with E-state index in [1.807, 2.05) is 0 Å². The first-order valence-electron chi connectivity index (χ1n) is 7.40. The third-order valence-corrected chi connectivity index (χ3v) is 4.01. The van der Waals surface area contributed by atoms with Crippen LogP contribution >= 0.6 is 0 Å². The molecule has 3 N–H and O–H groups in total. The minimum absolute atomic E-state index is 0.152. The van der Waals surface area contributed by atoms with Crippen LogP contribution in [0.2, 0.25) is 0 Å². The molecule has 3 rings (SSSR count). The van der Waals surface area contributed by atoms with Gasteiger partial charge in [-0.15, -0.1) is 0 Å². The van der Waals surface area contributed by atoms with E-state index >= 15 is 0 Å². The van der Waals surface area contributed by atoms with Gasteiger partial charge in [-0.2, -0.15) is 0 Å². The van der Waals surface area contributed by atoms with Gasteiger partial charge in [0.15, 0.2) is 0 Å². The van der Waals surface area contributed by atoms with Crippen LogP contribution in [0, 0.1) is 13.8 Å². The van der Waals surface area contributed by atoms with Gasteiger partial charge >= 0.3 is 0 Å². The number of aliphatic hydroxyl groups excluding tert-OH is 1. The zero-order chi connectivity index (χ0) is 15.7. The fourth-order valence-electron chi connectivity index (χ4n) is 2.88. The smallest absolute Gasteiger partial charge is 0.146 e. The molecule has 2 aromatic heterocycles. The Morgan fingerprint density at radius 1 is 1.14 bits per heavy atom. The lowest BCUT2D eigenvalue weighted by molar-refractivity contribution is 0.280. The molecule has 0 radical (unpaired) electrons. The van der Waals surface area contributed by atoms with E-state index in [1.54, 1.807) is 0 Å². The van der Waals surface area contributed by atoms with Crippen LogP contribution in [0.1, 0.15) is 17.7 Å². The van der Waals surface area contributed by atoms with Gasteiger partial charge in [0, 0.05) is 24.4 Å². The Morgan fingerprint density at radius 3 is 2.55 bits per heavy atom. The summed E-state index contributed by atoms with van der Waals surface area (Å²) in [5, 5.41) is 10.0. The van der Waals surface area contributed by atoms with Crippen molar-refractivity contribution in [2.24, 2.45) is 0 Å². The molecule has 3 aromatic rings. The van der Waals surface area contributed by atoms with Crippen molar-refractivity contribution in [3.8, 4) is 11.1 Å². The van der Waals surface area contributed by atoms with E-state index in [-0.39, 0.29) is 6.61 Å². The van der Waals surface area contributed by atoms with Crippen LogP contribution in [0.3, 0.4) is 0 Å². The van der Waals surface area contributed by atoms with E-state index in [2.05, 4.69) is 52.6 Å². The second kappa shape index (κ2) is 5.77. The average molecular weight is 296 g/mol. The van der Waals surface area contributed by atoms with E-state index in [0.29, 0.717) is 18.8 Å². The summed E-state index contributed by atoms with van der Waals surface area (Å²) in [6.07, 6.45) is 2.17. The molecular weight excluding hydrogens is 276 g/mol. The number of nitrogen functional groups attached to an aromatic ring is 1. The molecule has 114 valence electrons. The quantitative estimate of drug-likeness (QED) is 0.776. The highest BCUT2D eigenvalue weighted by atomic mass is 16.3. The maximum atomic E-state index is 9.13. The van der Waals surface area contributed by atoms with Crippen LogP contribution in [0.15, 0.2) is 30.6 Å². The third-order valence-electron chi connectivity index (χ3n) is 4.01. The van der Waals surface area contributed by atoms with Gasteiger partial charge in [-0.1, -0.05) is 29.8 Å². The first kappa shape index (κ1) is 14.5. The molecule has 0 spiro atoms. The van der Waals surface area contributed by atoms with E-state index in [4.69, 9.17) is 10.8 Å². The van der Waals surface area contributed by atoms with Crippen LogP contribution < -0.4 is 5.73 Å². The Hall–Kier alpha value is -2.40. The fraction of sp³-hybridized carbons (Fsp3) is 0.294. The lowest BCUT2D eigenvalue weighted by Crippen LogP contribution is -2.03. The van der Waals surface area contributed by atoms with Crippen molar-refractivity contribution in [3.05, 3.63) is 41.9 Å². The van der Waals surface area contributed by atoms with E-state index in [9.17, 15) is 0 Å². The van der Waals surface area contributed by atoms with Gasteiger partial charge in [0.1, 0.15) is 17.8 Å². The summed E-state index contributed by atoms with van der Waals surface area (Å²) in [7, 11) is 0.